The molecule has 1 nitrogen and oxygen atoms in total. The summed E-state index contributed by atoms with van der Waals surface area (Å²) in [7, 11) is 1.27. The van der Waals surface area contributed by atoms with Crippen LogP contribution in [0.5, 0.6) is 0 Å². The summed E-state index contributed by atoms with van der Waals surface area (Å²) < 4.78 is 50.4. The van der Waals surface area contributed by atoms with Gasteiger partial charge in [-0.1, -0.05) is 12.1 Å². The first-order valence-electron chi connectivity index (χ1n) is 3.97. The molecule has 1 aromatic rings. The first-order valence-corrected chi connectivity index (χ1v) is 3.97. The van der Waals surface area contributed by atoms with Crippen LogP contribution in [0.1, 0.15) is 11.6 Å². The first-order chi connectivity index (χ1) is 6.57. The van der Waals surface area contributed by atoms with Gasteiger partial charge < -0.3 is 5.32 Å². The van der Waals surface area contributed by atoms with Gasteiger partial charge in [-0.05, 0) is 13.1 Å². The Morgan fingerprint density at radius 3 is 2.36 bits per heavy atom. The number of nitrogens with one attached hydrogen (secondary N) is 1. The van der Waals surface area contributed by atoms with Gasteiger partial charge in [0.1, 0.15) is 0 Å². The number of rotatable bonds is 3. The average molecular weight is 207 g/mol. The van der Waals surface area contributed by atoms with E-state index in [0.717, 1.165) is 12.1 Å². The van der Waals surface area contributed by atoms with Gasteiger partial charge in [0.2, 0.25) is 0 Å². The minimum atomic E-state index is -2.78. The molecule has 0 saturated heterocycles. The molecule has 0 spiro atoms. The quantitative estimate of drug-likeness (QED) is 0.751. The van der Waals surface area contributed by atoms with Crippen molar-refractivity contribution in [3.63, 3.8) is 0 Å². The normalized spacial score (nSPS) is 13.3. The van der Waals surface area contributed by atoms with E-state index < -0.39 is 24.1 Å². The average Bonchev–Trinajstić information content (AvgIpc) is 2.13. The van der Waals surface area contributed by atoms with Crippen LogP contribution in [0.3, 0.4) is 0 Å². The second-order valence-electron chi connectivity index (χ2n) is 2.74. The molecule has 0 aliphatic carbocycles. The Morgan fingerprint density at radius 2 is 1.86 bits per heavy atom. The van der Waals surface area contributed by atoms with Gasteiger partial charge in [0.25, 0.3) is 6.43 Å². The summed E-state index contributed by atoms with van der Waals surface area (Å²) in [6.45, 7) is 0. The van der Waals surface area contributed by atoms with E-state index in [1.807, 2.05) is 0 Å². The van der Waals surface area contributed by atoms with E-state index in [1.165, 1.54) is 13.1 Å². The molecule has 5 heteroatoms. The van der Waals surface area contributed by atoms with Crippen LogP contribution in [-0.2, 0) is 0 Å². The lowest BCUT2D eigenvalue weighted by molar-refractivity contribution is 0.100. The summed E-state index contributed by atoms with van der Waals surface area (Å²) in [4.78, 5) is 0. The Hall–Kier alpha value is -1.10. The largest absolute Gasteiger partial charge is 0.308 e. The SMILES string of the molecule is CNC(c1cccc(F)c1F)C(F)F. The lowest BCUT2D eigenvalue weighted by Gasteiger charge is -2.16. The second kappa shape index (κ2) is 4.41. The summed E-state index contributed by atoms with van der Waals surface area (Å²) in [5.41, 5.74) is -0.359. The Bertz CT molecular complexity index is 314. The lowest BCUT2D eigenvalue weighted by Crippen LogP contribution is -2.24. The topological polar surface area (TPSA) is 12.0 Å². The highest BCUT2D eigenvalue weighted by Gasteiger charge is 2.24. The van der Waals surface area contributed by atoms with Gasteiger partial charge in [-0.2, -0.15) is 0 Å². The zero-order valence-corrected chi connectivity index (χ0v) is 7.40. The summed E-state index contributed by atoms with van der Waals surface area (Å²) in [5.74, 6) is -2.35. The van der Waals surface area contributed by atoms with Crippen LogP contribution in [0, 0.1) is 11.6 Å². The Balaban J connectivity index is 3.10. The second-order valence-corrected chi connectivity index (χ2v) is 2.74. The van der Waals surface area contributed by atoms with Crippen LogP contribution in [-0.4, -0.2) is 13.5 Å². The summed E-state index contributed by atoms with van der Waals surface area (Å²) in [5, 5.41) is 2.23. The molecule has 0 fully saturated rings. The van der Waals surface area contributed by atoms with E-state index in [4.69, 9.17) is 0 Å². The van der Waals surface area contributed by atoms with Crippen molar-refractivity contribution in [1.29, 1.82) is 0 Å². The van der Waals surface area contributed by atoms with E-state index in [1.54, 1.807) is 0 Å². The predicted molar refractivity (Wildman–Crippen MR) is 44.2 cm³/mol. The molecule has 1 N–H and O–H groups in total. The lowest BCUT2D eigenvalue weighted by atomic mass is 10.1. The van der Waals surface area contributed by atoms with Crippen LogP contribution in [0.4, 0.5) is 17.6 Å². The van der Waals surface area contributed by atoms with Crippen molar-refractivity contribution in [2.24, 2.45) is 0 Å². The number of benzene rings is 1. The maximum atomic E-state index is 13.1. The molecular weight excluding hydrogens is 198 g/mol. The van der Waals surface area contributed by atoms with E-state index in [9.17, 15) is 17.6 Å². The van der Waals surface area contributed by atoms with Gasteiger partial charge in [-0.3, -0.25) is 0 Å². The van der Waals surface area contributed by atoms with Gasteiger partial charge in [0.15, 0.2) is 11.6 Å². The van der Waals surface area contributed by atoms with Crippen LogP contribution in [0.25, 0.3) is 0 Å². The molecule has 1 aromatic carbocycles. The van der Waals surface area contributed by atoms with E-state index >= 15 is 0 Å². The van der Waals surface area contributed by atoms with Crippen molar-refractivity contribution in [2.75, 3.05) is 7.05 Å². The number of hydrogen-bond acceptors (Lipinski definition) is 1. The van der Waals surface area contributed by atoms with Crippen molar-refractivity contribution in [1.82, 2.24) is 5.32 Å². The fourth-order valence-electron chi connectivity index (χ4n) is 1.18. The van der Waals surface area contributed by atoms with Crippen LogP contribution >= 0.6 is 0 Å². The molecule has 0 aliphatic heterocycles. The Labute approximate surface area is 78.7 Å². The van der Waals surface area contributed by atoms with Crippen molar-refractivity contribution < 1.29 is 17.6 Å². The minimum Gasteiger partial charge on any atom is -0.308 e. The number of halogens is 4. The third-order valence-electron chi connectivity index (χ3n) is 1.88. The van der Waals surface area contributed by atoms with Crippen molar-refractivity contribution in [3.8, 4) is 0 Å². The predicted octanol–water partition coefficient (Wildman–Crippen LogP) is 2.49. The van der Waals surface area contributed by atoms with Crippen LogP contribution < -0.4 is 5.32 Å². The zero-order valence-electron chi connectivity index (χ0n) is 7.40. The smallest absolute Gasteiger partial charge is 0.257 e. The maximum absolute atomic E-state index is 13.1. The molecule has 0 aromatic heterocycles. The molecule has 0 aliphatic rings. The van der Waals surface area contributed by atoms with Crippen molar-refractivity contribution in [3.05, 3.63) is 35.4 Å². The number of hydrogen-bond donors (Lipinski definition) is 1. The molecule has 1 rings (SSSR count). The molecule has 14 heavy (non-hydrogen) atoms. The van der Waals surface area contributed by atoms with Gasteiger partial charge in [0, 0.05) is 5.56 Å². The van der Waals surface area contributed by atoms with Crippen LogP contribution in [0.2, 0.25) is 0 Å². The van der Waals surface area contributed by atoms with Crippen LogP contribution in [0.15, 0.2) is 18.2 Å². The molecule has 0 heterocycles. The third kappa shape index (κ3) is 2.04. The van der Waals surface area contributed by atoms with Gasteiger partial charge in [-0.15, -0.1) is 0 Å². The molecule has 0 amide bonds. The van der Waals surface area contributed by atoms with Crippen molar-refractivity contribution >= 4 is 0 Å². The first kappa shape index (κ1) is 11.0. The highest BCUT2D eigenvalue weighted by Crippen LogP contribution is 2.24. The summed E-state index contributed by atoms with van der Waals surface area (Å²) in [6, 6.07) is 1.73. The molecule has 0 radical (unpaired) electrons. The fraction of sp³-hybridized carbons (Fsp3) is 0.333. The standard InChI is InChI=1S/C9H9F4N/c1-14-8(9(12)13)5-3-2-4-6(10)7(5)11/h2-4,8-9,14H,1H3. The molecule has 1 atom stereocenters. The maximum Gasteiger partial charge on any atom is 0.257 e. The zero-order chi connectivity index (χ0) is 10.7. The summed E-state index contributed by atoms with van der Waals surface area (Å²) >= 11 is 0. The highest BCUT2D eigenvalue weighted by molar-refractivity contribution is 5.23. The Kier molecular flexibility index (Phi) is 3.46. The molecule has 1 unspecified atom stereocenters. The molecule has 0 saturated carbocycles. The van der Waals surface area contributed by atoms with Gasteiger partial charge in [-0.25, -0.2) is 17.6 Å². The third-order valence-corrected chi connectivity index (χ3v) is 1.88. The highest BCUT2D eigenvalue weighted by atomic mass is 19.3. The molecule has 78 valence electrons. The Morgan fingerprint density at radius 1 is 1.21 bits per heavy atom. The van der Waals surface area contributed by atoms with E-state index in [-0.39, 0.29) is 5.56 Å². The van der Waals surface area contributed by atoms with Gasteiger partial charge >= 0.3 is 0 Å². The van der Waals surface area contributed by atoms with Crippen molar-refractivity contribution in [2.45, 2.75) is 12.5 Å². The van der Waals surface area contributed by atoms with Gasteiger partial charge in [0.05, 0.1) is 6.04 Å². The fourth-order valence-corrected chi connectivity index (χ4v) is 1.18. The monoisotopic (exact) mass is 207 g/mol. The number of alkyl halides is 2. The minimum absolute atomic E-state index is 0.359. The molecule has 0 bridgehead atoms. The van der Waals surface area contributed by atoms with E-state index in [0.29, 0.717) is 0 Å². The molecular formula is C9H9F4N. The van der Waals surface area contributed by atoms with E-state index in [2.05, 4.69) is 5.32 Å². The summed E-state index contributed by atoms with van der Waals surface area (Å²) in [6.07, 6.45) is -2.78.